The molecule has 19 heavy (non-hydrogen) atoms. The first-order valence-corrected chi connectivity index (χ1v) is 5.88. The van der Waals surface area contributed by atoms with Gasteiger partial charge < -0.3 is 9.55 Å². The lowest BCUT2D eigenvalue weighted by Gasteiger charge is -2.02. The van der Waals surface area contributed by atoms with Crippen molar-refractivity contribution in [3.63, 3.8) is 0 Å². The number of aryl methyl sites for hydroxylation is 1. The van der Waals surface area contributed by atoms with Crippen LogP contribution < -0.4 is 0 Å². The highest BCUT2D eigenvalue weighted by Crippen LogP contribution is 2.20. The van der Waals surface area contributed by atoms with Crippen LogP contribution in [0, 0.1) is 16.4 Å². The number of imidazole rings is 1. The van der Waals surface area contributed by atoms with E-state index in [4.69, 9.17) is 12.2 Å². The standard InChI is InChI=1S/C11H9F2N5S/c1-17-5-14-8(16-17)4-18-10-7(15-11(18)19)3-2-6(12)9(10)13/h2-3,5H,4H2,1H3,(H,15,19). The first-order valence-electron chi connectivity index (χ1n) is 5.47. The molecule has 1 N–H and O–H groups in total. The molecule has 0 atom stereocenters. The van der Waals surface area contributed by atoms with Gasteiger partial charge in [-0.05, 0) is 24.4 Å². The Balaban J connectivity index is 2.20. The number of aromatic nitrogens is 5. The van der Waals surface area contributed by atoms with Gasteiger partial charge in [0.1, 0.15) is 11.8 Å². The highest BCUT2D eigenvalue weighted by atomic mass is 32.1. The summed E-state index contributed by atoms with van der Waals surface area (Å²) in [5.74, 6) is -1.37. The Morgan fingerprint density at radius 1 is 1.37 bits per heavy atom. The summed E-state index contributed by atoms with van der Waals surface area (Å²) < 4.78 is 30.5. The number of hydrogen-bond acceptors (Lipinski definition) is 3. The highest BCUT2D eigenvalue weighted by molar-refractivity contribution is 7.71. The molecular formula is C11H9F2N5S. The molecule has 0 radical (unpaired) electrons. The van der Waals surface area contributed by atoms with E-state index in [-0.39, 0.29) is 12.1 Å². The second-order valence-corrected chi connectivity index (χ2v) is 4.49. The summed E-state index contributed by atoms with van der Waals surface area (Å²) in [6, 6.07) is 2.51. The predicted molar refractivity (Wildman–Crippen MR) is 67.1 cm³/mol. The van der Waals surface area contributed by atoms with E-state index >= 15 is 0 Å². The van der Waals surface area contributed by atoms with E-state index in [1.54, 1.807) is 7.05 Å². The van der Waals surface area contributed by atoms with Crippen LogP contribution in [0.5, 0.6) is 0 Å². The molecule has 0 unspecified atom stereocenters. The van der Waals surface area contributed by atoms with Gasteiger partial charge in [0.2, 0.25) is 0 Å². The normalized spacial score (nSPS) is 11.3. The molecule has 98 valence electrons. The van der Waals surface area contributed by atoms with Gasteiger partial charge in [0.25, 0.3) is 0 Å². The molecule has 3 aromatic rings. The first-order chi connectivity index (χ1) is 9.06. The van der Waals surface area contributed by atoms with Crippen LogP contribution in [0.25, 0.3) is 11.0 Å². The SMILES string of the molecule is Cn1cnc(Cn2c(=S)[nH]c3ccc(F)c(F)c32)n1. The second-order valence-electron chi connectivity index (χ2n) is 4.11. The minimum Gasteiger partial charge on any atom is -0.330 e. The Labute approximate surface area is 111 Å². The van der Waals surface area contributed by atoms with E-state index in [9.17, 15) is 8.78 Å². The molecule has 0 aliphatic rings. The van der Waals surface area contributed by atoms with Crippen LogP contribution in [-0.4, -0.2) is 24.3 Å². The fourth-order valence-electron chi connectivity index (χ4n) is 1.94. The van der Waals surface area contributed by atoms with Crippen LogP contribution >= 0.6 is 12.2 Å². The third-order valence-electron chi connectivity index (χ3n) is 2.77. The monoisotopic (exact) mass is 281 g/mol. The number of rotatable bonds is 2. The molecule has 0 saturated heterocycles. The van der Waals surface area contributed by atoms with Crippen LogP contribution in [0.4, 0.5) is 8.78 Å². The van der Waals surface area contributed by atoms with Gasteiger partial charge >= 0.3 is 0 Å². The maximum absolute atomic E-state index is 13.9. The van der Waals surface area contributed by atoms with E-state index in [0.717, 1.165) is 6.07 Å². The third-order valence-corrected chi connectivity index (χ3v) is 3.09. The zero-order chi connectivity index (χ0) is 13.6. The Kier molecular flexibility index (Phi) is 2.67. The lowest BCUT2D eigenvalue weighted by atomic mass is 10.3. The van der Waals surface area contributed by atoms with Crippen molar-refractivity contribution in [2.75, 3.05) is 0 Å². The van der Waals surface area contributed by atoms with Gasteiger partial charge in [0.15, 0.2) is 22.2 Å². The summed E-state index contributed by atoms with van der Waals surface area (Å²) in [6.45, 7) is 0.181. The molecule has 5 nitrogen and oxygen atoms in total. The quantitative estimate of drug-likeness (QED) is 0.732. The summed E-state index contributed by atoms with van der Waals surface area (Å²) in [7, 11) is 1.73. The first kappa shape index (κ1) is 12.0. The summed E-state index contributed by atoms with van der Waals surface area (Å²) in [6.07, 6.45) is 1.53. The molecule has 1 aromatic carbocycles. The molecule has 0 aliphatic heterocycles. The molecule has 0 fully saturated rings. The molecule has 0 amide bonds. The number of benzene rings is 1. The minimum absolute atomic E-state index is 0.0949. The molecule has 2 aromatic heterocycles. The molecule has 2 heterocycles. The number of halogens is 2. The highest BCUT2D eigenvalue weighted by Gasteiger charge is 2.14. The molecule has 0 bridgehead atoms. The van der Waals surface area contributed by atoms with Gasteiger partial charge in [-0.3, -0.25) is 4.68 Å². The number of hydrogen-bond donors (Lipinski definition) is 1. The fraction of sp³-hybridized carbons (Fsp3) is 0.182. The van der Waals surface area contributed by atoms with Crippen LogP contribution in [0.1, 0.15) is 5.82 Å². The van der Waals surface area contributed by atoms with Crippen molar-refractivity contribution in [1.29, 1.82) is 0 Å². The van der Waals surface area contributed by atoms with Gasteiger partial charge in [0.05, 0.1) is 12.1 Å². The number of nitrogens with zero attached hydrogens (tertiary/aromatic N) is 4. The Bertz CT molecular complexity index is 816. The van der Waals surface area contributed by atoms with Crippen molar-refractivity contribution in [1.82, 2.24) is 24.3 Å². The average Bonchev–Trinajstić information content (AvgIpc) is 2.90. The van der Waals surface area contributed by atoms with E-state index in [0.29, 0.717) is 16.1 Å². The lowest BCUT2D eigenvalue weighted by molar-refractivity contribution is 0.511. The number of H-pyrrole nitrogens is 1. The third kappa shape index (κ3) is 1.93. The Morgan fingerprint density at radius 3 is 2.84 bits per heavy atom. The summed E-state index contributed by atoms with van der Waals surface area (Å²) in [5, 5.41) is 4.09. The van der Waals surface area contributed by atoms with E-state index in [2.05, 4.69) is 15.1 Å². The largest absolute Gasteiger partial charge is 0.330 e. The molecular weight excluding hydrogens is 272 g/mol. The Morgan fingerprint density at radius 2 is 2.16 bits per heavy atom. The second kappa shape index (κ2) is 4.23. The molecule has 0 saturated carbocycles. The van der Waals surface area contributed by atoms with Crippen molar-refractivity contribution in [3.05, 3.63) is 40.7 Å². The van der Waals surface area contributed by atoms with Gasteiger partial charge in [-0.1, -0.05) is 0 Å². The lowest BCUT2D eigenvalue weighted by Crippen LogP contribution is -2.04. The maximum atomic E-state index is 13.9. The minimum atomic E-state index is -0.930. The number of nitrogens with one attached hydrogen (secondary N) is 1. The van der Waals surface area contributed by atoms with E-state index in [1.165, 1.54) is 21.6 Å². The maximum Gasteiger partial charge on any atom is 0.184 e. The Hall–Kier alpha value is -2.09. The van der Waals surface area contributed by atoms with Gasteiger partial charge in [-0.2, -0.15) is 5.10 Å². The van der Waals surface area contributed by atoms with Gasteiger partial charge in [-0.25, -0.2) is 13.8 Å². The van der Waals surface area contributed by atoms with Gasteiger partial charge in [-0.15, -0.1) is 0 Å². The van der Waals surface area contributed by atoms with Crippen LogP contribution in [0.15, 0.2) is 18.5 Å². The summed E-state index contributed by atoms with van der Waals surface area (Å²) in [5.41, 5.74) is 0.539. The van der Waals surface area contributed by atoms with Gasteiger partial charge in [0, 0.05) is 7.05 Å². The van der Waals surface area contributed by atoms with Crippen molar-refractivity contribution in [3.8, 4) is 0 Å². The molecule has 3 rings (SSSR count). The van der Waals surface area contributed by atoms with Crippen LogP contribution in [0.3, 0.4) is 0 Å². The van der Waals surface area contributed by atoms with Crippen molar-refractivity contribution < 1.29 is 8.78 Å². The topological polar surface area (TPSA) is 51.4 Å². The van der Waals surface area contributed by atoms with E-state index < -0.39 is 11.6 Å². The fourth-order valence-corrected chi connectivity index (χ4v) is 2.20. The average molecular weight is 281 g/mol. The van der Waals surface area contributed by atoms with Crippen LogP contribution in [-0.2, 0) is 13.6 Å². The molecule has 0 aliphatic carbocycles. The molecule has 8 heteroatoms. The predicted octanol–water partition coefficient (Wildman–Crippen LogP) is 2.15. The van der Waals surface area contributed by atoms with Crippen molar-refractivity contribution in [2.45, 2.75) is 6.54 Å². The summed E-state index contributed by atoms with van der Waals surface area (Å²) in [4.78, 5) is 6.88. The zero-order valence-corrected chi connectivity index (χ0v) is 10.7. The van der Waals surface area contributed by atoms with Crippen molar-refractivity contribution >= 4 is 23.3 Å². The van der Waals surface area contributed by atoms with Crippen LogP contribution in [0.2, 0.25) is 0 Å². The smallest absolute Gasteiger partial charge is 0.184 e. The van der Waals surface area contributed by atoms with E-state index in [1.807, 2.05) is 0 Å². The molecule has 0 spiro atoms. The van der Waals surface area contributed by atoms with Crippen molar-refractivity contribution in [2.24, 2.45) is 7.05 Å². The number of aromatic amines is 1. The number of fused-ring (bicyclic) bond motifs is 1. The zero-order valence-electron chi connectivity index (χ0n) is 9.89. The summed E-state index contributed by atoms with van der Waals surface area (Å²) >= 11 is 5.12.